The van der Waals surface area contributed by atoms with Gasteiger partial charge in [0.25, 0.3) is 0 Å². The molecule has 0 aromatic carbocycles. The van der Waals surface area contributed by atoms with Crippen LogP contribution in [0.3, 0.4) is 0 Å². The van der Waals surface area contributed by atoms with Crippen molar-refractivity contribution in [1.29, 1.82) is 0 Å². The number of thiophene rings is 1. The van der Waals surface area contributed by atoms with Crippen LogP contribution in [0.5, 0.6) is 0 Å². The molecule has 1 aliphatic heterocycles. The average molecular weight is 296 g/mol. The van der Waals surface area contributed by atoms with Crippen molar-refractivity contribution in [3.63, 3.8) is 0 Å². The number of hydrogen-bond acceptors (Lipinski definition) is 4. The van der Waals surface area contributed by atoms with E-state index in [1.54, 1.807) is 0 Å². The number of rotatable bonds is 4. The van der Waals surface area contributed by atoms with Gasteiger partial charge in [0, 0.05) is 0 Å². The molecule has 0 unspecified atom stereocenters. The Kier molecular flexibility index (Phi) is 4.83. The first kappa shape index (κ1) is 15.5. The Hall–Kier alpha value is -0.910. The number of hydrogen-bond donors (Lipinski definition) is 2. The van der Waals surface area contributed by atoms with Crippen LogP contribution in [0.15, 0.2) is 5.38 Å². The van der Waals surface area contributed by atoms with Gasteiger partial charge in [-0.3, -0.25) is 9.69 Å². The monoisotopic (exact) mass is 296 g/mol. The van der Waals surface area contributed by atoms with Crippen molar-refractivity contribution in [2.24, 2.45) is 5.41 Å². The van der Waals surface area contributed by atoms with E-state index < -0.39 is 0 Å². The number of carbonyl (C=O) groups is 1. The molecule has 1 amide bonds. The molecule has 0 radical (unpaired) electrons. The predicted octanol–water partition coefficient (Wildman–Crippen LogP) is 2.61. The highest BCUT2D eigenvalue weighted by molar-refractivity contribution is 7.10. The summed E-state index contributed by atoms with van der Waals surface area (Å²) in [5.74, 6) is 0.0147. The van der Waals surface area contributed by atoms with Crippen LogP contribution >= 0.6 is 11.3 Å². The zero-order valence-electron chi connectivity index (χ0n) is 12.5. The second kappa shape index (κ2) is 6.24. The molecule has 1 aromatic heterocycles. The number of aryl methyl sites for hydroxylation is 1. The quantitative estimate of drug-likeness (QED) is 0.898. The summed E-state index contributed by atoms with van der Waals surface area (Å²) in [6.07, 6.45) is 2.28. The minimum absolute atomic E-state index is 0.0147. The molecule has 20 heavy (non-hydrogen) atoms. The van der Waals surface area contributed by atoms with Gasteiger partial charge < -0.3 is 10.4 Å². The number of nitrogens with one attached hydrogen (secondary N) is 1. The Morgan fingerprint density at radius 1 is 1.45 bits per heavy atom. The number of amides is 1. The minimum Gasteiger partial charge on any atom is -0.391 e. The van der Waals surface area contributed by atoms with Gasteiger partial charge in [-0.1, -0.05) is 13.8 Å². The zero-order valence-corrected chi connectivity index (χ0v) is 13.3. The van der Waals surface area contributed by atoms with Crippen LogP contribution in [-0.2, 0) is 11.4 Å². The molecule has 1 aromatic rings. The van der Waals surface area contributed by atoms with Gasteiger partial charge in [0.15, 0.2) is 0 Å². The highest BCUT2D eigenvalue weighted by atomic mass is 32.1. The second-order valence-corrected chi connectivity index (χ2v) is 7.33. The summed E-state index contributed by atoms with van der Waals surface area (Å²) in [5, 5.41) is 14.2. The average Bonchev–Trinajstić information content (AvgIpc) is 2.73. The molecule has 0 saturated carbocycles. The lowest BCUT2D eigenvalue weighted by molar-refractivity contribution is -0.117. The molecule has 1 saturated heterocycles. The molecule has 4 nitrogen and oxygen atoms in total. The van der Waals surface area contributed by atoms with Crippen molar-refractivity contribution in [1.82, 2.24) is 4.90 Å². The number of piperidine rings is 1. The van der Waals surface area contributed by atoms with Crippen LogP contribution in [0.2, 0.25) is 0 Å². The van der Waals surface area contributed by atoms with E-state index in [0.717, 1.165) is 42.1 Å². The molecule has 2 N–H and O–H groups in total. The Balaban J connectivity index is 1.88. The zero-order chi connectivity index (χ0) is 14.8. The number of nitrogens with zero attached hydrogens (tertiary/aromatic N) is 1. The Morgan fingerprint density at radius 2 is 2.10 bits per heavy atom. The smallest absolute Gasteiger partial charge is 0.238 e. The van der Waals surface area contributed by atoms with Gasteiger partial charge in [0.1, 0.15) is 0 Å². The number of likely N-dealkylation sites (tertiary alicyclic amines) is 1. The molecule has 1 aliphatic rings. The lowest BCUT2D eigenvalue weighted by Gasteiger charge is -2.36. The van der Waals surface area contributed by atoms with Crippen LogP contribution in [0.25, 0.3) is 0 Å². The first-order chi connectivity index (χ1) is 9.41. The maximum absolute atomic E-state index is 12.1. The van der Waals surface area contributed by atoms with E-state index in [9.17, 15) is 9.90 Å². The molecular weight excluding hydrogens is 272 g/mol. The maximum Gasteiger partial charge on any atom is 0.238 e. The molecular formula is C15H24N2O2S. The van der Waals surface area contributed by atoms with Crippen molar-refractivity contribution < 1.29 is 9.90 Å². The van der Waals surface area contributed by atoms with Gasteiger partial charge in [-0.25, -0.2) is 0 Å². The van der Waals surface area contributed by atoms with Crippen molar-refractivity contribution >= 4 is 22.9 Å². The van der Waals surface area contributed by atoms with Crippen LogP contribution < -0.4 is 5.32 Å². The van der Waals surface area contributed by atoms with Gasteiger partial charge >= 0.3 is 0 Å². The van der Waals surface area contributed by atoms with Crippen LogP contribution in [0.1, 0.15) is 37.1 Å². The molecule has 0 aliphatic carbocycles. The fraction of sp³-hybridized carbons (Fsp3) is 0.667. The van der Waals surface area contributed by atoms with Crippen molar-refractivity contribution in [3.8, 4) is 0 Å². The Morgan fingerprint density at radius 3 is 2.70 bits per heavy atom. The number of anilines is 1. The summed E-state index contributed by atoms with van der Waals surface area (Å²) < 4.78 is 0. The fourth-order valence-electron chi connectivity index (χ4n) is 2.48. The highest BCUT2D eigenvalue weighted by Gasteiger charge is 2.26. The molecule has 0 atom stereocenters. The molecule has 112 valence electrons. The van der Waals surface area contributed by atoms with E-state index in [2.05, 4.69) is 24.1 Å². The van der Waals surface area contributed by atoms with Crippen molar-refractivity contribution in [2.75, 3.05) is 25.0 Å². The summed E-state index contributed by atoms with van der Waals surface area (Å²) in [6.45, 7) is 8.90. The third-order valence-corrected chi connectivity index (χ3v) is 5.13. The molecule has 2 heterocycles. The third kappa shape index (κ3) is 3.81. The lowest BCUT2D eigenvalue weighted by atomic mass is 9.83. The van der Waals surface area contributed by atoms with Crippen molar-refractivity contribution in [3.05, 3.63) is 15.8 Å². The topological polar surface area (TPSA) is 52.6 Å². The predicted molar refractivity (Wildman–Crippen MR) is 83.1 cm³/mol. The van der Waals surface area contributed by atoms with Crippen LogP contribution in [-0.4, -0.2) is 35.5 Å². The van der Waals surface area contributed by atoms with Crippen molar-refractivity contribution in [2.45, 2.75) is 40.2 Å². The van der Waals surface area contributed by atoms with Gasteiger partial charge in [0.05, 0.1) is 23.7 Å². The van der Waals surface area contributed by atoms with Gasteiger partial charge in [-0.15, -0.1) is 11.3 Å². The van der Waals surface area contributed by atoms with E-state index in [-0.39, 0.29) is 12.5 Å². The van der Waals surface area contributed by atoms with Gasteiger partial charge in [-0.05, 0) is 49.2 Å². The maximum atomic E-state index is 12.1. The minimum atomic E-state index is -0.0218. The number of carbonyl (C=O) groups excluding carboxylic acids is 1. The Labute approximate surface area is 124 Å². The summed E-state index contributed by atoms with van der Waals surface area (Å²) in [4.78, 5) is 15.2. The van der Waals surface area contributed by atoms with Gasteiger partial charge in [0.2, 0.25) is 5.91 Å². The third-order valence-electron chi connectivity index (χ3n) is 4.04. The van der Waals surface area contributed by atoms with Crippen LogP contribution in [0.4, 0.5) is 5.69 Å². The number of aliphatic hydroxyl groups excluding tert-OH is 1. The number of aliphatic hydroxyl groups is 1. The molecule has 5 heteroatoms. The SMILES string of the molecule is Cc1csc(CO)c1NC(=O)CN1CCC(C)(C)CC1. The van der Waals surface area contributed by atoms with Gasteiger partial charge in [-0.2, -0.15) is 0 Å². The highest BCUT2D eigenvalue weighted by Crippen LogP contribution is 2.30. The fourth-order valence-corrected chi connectivity index (χ4v) is 3.32. The van der Waals surface area contributed by atoms with E-state index in [1.165, 1.54) is 11.3 Å². The largest absolute Gasteiger partial charge is 0.391 e. The summed E-state index contributed by atoms with van der Waals surface area (Å²) in [5.41, 5.74) is 2.22. The van der Waals surface area contributed by atoms with E-state index >= 15 is 0 Å². The molecule has 1 fully saturated rings. The van der Waals surface area contributed by atoms with E-state index in [0.29, 0.717) is 12.0 Å². The first-order valence-electron chi connectivity index (χ1n) is 7.11. The second-order valence-electron chi connectivity index (χ2n) is 6.36. The normalized spacial score (nSPS) is 19.0. The standard InChI is InChI=1S/C15H24N2O2S/c1-11-10-20-12(9-18)14(11)16-13(19)8-17-6-4-15(2,3)5-7-17/h10,18H,4-9H2,1-3H3,(H,16,19). The lowest BCUT2D eigenvalue weighted by Crippen LogP contribution is -2.41. The summed E-state index contributed by atoms with van der Waals surface area (Å²) >= 11 is 1.49. The summed E-state index contributed by atoms with van der Waals surface area (Å²) in [6, 6.07) is 0. The summed E-state index contributed by atoms with van der Waals surface area (Å²) in [7, 11) is 0. The van der Waals surface area contributed by atoms with Crippen LogP contribution in [0, 0.1) is 12.3 Å². The van der Waals surface area contributed by atoms with E-state index in [1.807, 2.05) is 12.3 Å². The Bertz CT molecular complexity index is 472. The molecule has 0 bridgehead atoms. The van der Waals surface area contributed by atoms with E-state index in [4.69, 9.17) is 0 Å². The molecule has 0 spiro atoms. The first-order valence-corrected chi connectivity index (χ1v) is 7.99. The molecule has 2 rings (SSSR count).